The molecule has 8 heteroatoms. The molecule has 0 saturated heterocycles. The first-order valence-electron chi connectivity index (χ1n) is 3.75. The average Bonchev–Trinajstić information content (AvgIpc) is 2.01. The molecule has 0 aliphatic heterocycles. The molecule has 0 bridgehead atoms. The van der Waals surface area contributed by atoms with Crippen LogP contribution in [0.3, 0.4) is 0 Å². The van der Waals surface area contributed by atoms with E-state index in [0.29, 0.717) is 0 Å². The van der Waals surface area contributed by atoms with Crippen molar-refractivity contribution < 1.29 is 23.1 Å². The number of rotatable bonds is 5. The van der Waals surface area contributed by atoms with Crippen molar-refractivity contribution in [2.45, 2.75) is 18.3 Å². The van der Waals surface area contributed by atoms with Gasteiger partial charge in [0.25, 0.3) is 0 Å². The Morgan fingerprint density at radius 2 is 1.93 bits per heavy atom. The lowest BCUT2D eigenvalue weighted by Gasteiger charge is -2.16. The van der Waals surface area contributed by atoms with Crippen LogP contribution in [0.25, 0.3) is 0 Å². The van der Waals surface area contributed by atoms with Crippen LogP contribution < -0.4 is 16.8 Å². The lowest BCUT2D eigenvalue weighted by Crippen LogP contribution is -2.47. The maximum absolute atomic E-state index is 11.7. The number of nitrogens with one attached hydrogen (secondary N) is 1. The molecule has 0 heterocycles. The highest BCUT2D eigenvalue weighted by molar-refractivity contribution is 5.79. The van der Waals surface area contributed by atoms with Gasteiger partial charge in [-0.25, -0.2) is 0 Å². The summed E-state index contributed by atoms with van der Waals surface area (Å²) in [5.74, 6) is -0.820. The van der Waals surface area contributed by atoms with E-state index in [9.17, 15) is 18.0 Å². The Kier molecular flexibility index (Phi) is 4.81. The third kappa shape index (κ3) is 5.00. The molecule has 0 radical (unpaired) electrons. The Morgan fingerprint density at radius 1 is 1.43 bits per heavy atom. The number of aliphatic hydroxyl groups is 1. The second kappa shape index (κ2) is 5.13. The molecule has 0 spiro atoms. The number of aliphatic hydroxyl groups excluding tert-OH is 1. The summed E-state index contributed by atoms with van der Waals surface area (Å²) < 4.78 is 35.2. The van der Waals surface area contributed by atoms with Gasteiger partial charge in [-0.05, 0) is 0 Å². The van der Waals surface area contributed by atoms with Crippen molar-refractivity contribution in [3.05, 3.63) is 0 Å². The molecule has 2 unspecified atom stereocenters. The van der Waals surface area contributed by atoms with E-state index in [2.05, 4.69) is 5.32 Å². The van der Waals surface area contributed by atoms with E-state index in [1.807, 2.05) is 0 Å². The zero-order valence-corrected chi connectivity index (χ0v) is 7.21. The summed E-state index contributed by atoms with van der Waals surface area (Å²) in [6.07, 6.45) is -7.15. The second-order valence-electron chi connectivity index (χ2n) is 2.72. The van der Waals surface area contributed by atoms with E-state index < -0.39 is 30.8 Å². The summed E-state index contributed by atoms with van der Waals surface area (Å²) in [5, 5.41) is 10.7. The minimum atomic E-state index is -4.68. The highest BCUT2D eigenvalue weighted by atomic mass is 19.4. The van der Waals surface area contributed by atoms with Crippen molar-refractivity contribution >= 4 is 5.91 Å². The molecule has 5 nitrogen and oxygen atoms in total. The zero-order chi connectivity index (χ0) is 11.4. The first kappa shape index (κ1) is 13.1. The van der Waals surface area contributed by atoms with E-state index >= 15 is 0 Å². The van der Waals surface area contributed by atoms with Gasteiger partial charge in [0.05, 0.1) is 6.04 Å². The lowest BCUT2D eigenvalue weighted by molar-refractivity contribution is -0.201. The molecular weight excluding hydrogens is 203 g/mol. The number of hydrogen-bond donors (Lipinski definition) is 4. The van der Waals surface area contributed by atoms with Crippen molar-refractivity contribution in [2.24, 2.45) is 11.5 Å². The number of alkyl halides is 3. The molecule has 0 aromatic rings. The third-order valence-corrected chi connectivity index (χ3v) is 1.45. The predicted molar refractivity (Wildman–Crippen MR) is 42.1 cm³/mol. The summed E-state index contributed by atoms with van der Waals surface area (Å²) >= 11 is 0. The minimum absolute atomic E-state index is 0.206. The van der Waals surface area contributed by atoms with E-state index in [1.54, 1.807) is 0 Å². The molecule has 0 aromatic carbocycles. The predicted octanol–water partition coefficient (Wildman–Crippen LogP) is -1.69. The summed E-state index contributed by atoms with van der Waals surface area (Å²) in [6.45, 7) is -0.924. The highest BCUT2D eigenvalue weighted by Gasteiger charge is 2.37. The summed E-state index contributed by atoms with van der Waals surface area (Å²) in [7, 11) is 0. The largest absolute Gasteiger partial charge is 0.415 e. The zero-order valence-electron chi connectivity index (χ0n) is 7.21. The molecule has 0 saturated carbocycles. The lowest BCUT2D eigenvalue weighted by atomic mass is 10.3. The Hall–Kier alpha value is -0.860. The molecule has 0 aromatic heterocycles. The minimum Gasteiger partial charge on any atom is -0.382 e. The van der Waals surface area contributed by atoms with Crippen molar-refractivity contribution in [3.8, 4) is 0 Å². The Morgan fingerprint density at radius 3 is 2.29 bits per heavy atom. The first-order chi connectivity index (χ1) is 6.25. The van der Waals surface area contributed by atoms with Gasteiger partial charge >= 0.3 is 6.18 Å². The van der Waals surface area contributed by atoms with Crippen LogP contribution >= 0.6 is 0 Å². The topological polar surface area (TPSA) is 101 Å². The van der Waals surface area contributed by atoms with Crippen LogP contribution in [0.4, 0.5) is 13.2 Å². The van der Waals surface area contributed by atoms with E-state index in [1.165, 1.54) is 0 Å². The second-order valence-corrected chi connectivity index (χ2v) is 2.72. The standard InChI is InChI=1S/C6H12F3N3O2/c7-6(8,9)4(13)2-12-1-3(10)5(11)14/h3-4,12-13H,1-2,10H2,(H2,11,14). The molecule has 0 rings (SSSR count). The van der Waals surface area contributed by atoms with Gasteiger partial charge in [-0.3, -0.25) is 4.79 Å². The normalized spacial score (nSPS) is 16.4. The van der Waals surface area contributed by atoms with Crippen LogP contribution in [0.15, 0.2) is 0 Å². The number of hydrogen-bond acceptors (Lipinski definition) is 4. The monoisotopic (exact) mass is 215 g/mol. The molecule has 0 aliphatic carbocycles. The number of carbonyl (C=O) groups excluding carboxylic acids is 1. The number of amides is 1. The summed E-state index contributed by atoms with van der Waals surface area (Å²) in [5.41, 5.74) is 9.86. The van der Waals surface area contributed by atoms with Gasteiger partial charge in [0.2, 0.25) is 5.91 Å². The molecule has 14 heavy (non-hydrogen) atoms. The van der Waals surface area contributed by atoms with Crippen LogP contribution in [-0.2, 0) is 4.79 Å². The SMILES string of the molecule is NC(=O)C(N)CNCC(O)C(F)(F)F. The van der Waals surface area contributed by atoms with Gasteiger partial charge in [-0.2, -0.15) is 13.2 Å². The van der Waals surface area contributed by atoms with Gasteiger partial charge in [0, 0.05) is 13.1 Å². The molecular formula is C6H12F3N3O2. The van der Waals surface area contributed by atoms with E-state index in [0.717, 1.165) is 0 Å². The molecule has 6 N–H and O–H groups in total. The van der Waals surface area contributed by atoms with Gasteiger partial charge in [0.1, 0.15) is 0 Å². The molecule has 2 atom stereocenters. The van der Waals surface area contributed by atoms with Crippen LogP contribution in [0.5, 0.6) is 0 Å². The molecule has 84 valence electrons. The van der Waals surface area contributed by atoms with Gasteiger partial charge in [-0.1, -0.05) is 0 Å². The van der Waals surface area contributed by atoms with Gasteiger partial charge in [-0.15, -0.1) is 0 Å². The fourth-order valence-corrected chi connectivity index (χ4v) is 0.592. The molecule has 1 amide bonds. The van der Waals surface area contributed by atoms with Crippen molar-refractivity contribution in [2.75, 3.05) is 13.1 Å². The maximum atomic E-state index is 11.7. The van der Waals surface area contributed by atoms with Crippen LogP contribution in [-0.4, -0.2) is 42.4 Å². The smallest absolute Gasteiger partial charge is 0.382 e. The Labute approximate surface area is 78.2 Å². The van der Waals surface area contributed by atoms with Crippen LogP contribution in [0.2, 0.25) is 0 Å². The van der Waals surface area contributed by atoms with E-state index in [-0.39, 0.29) is 6.54 Å². The van der Waals surface area contributed by atoms with Crippen LogP contribution in [0.1, 0.15) is 0 Å². The number of halogens is 3. The van der Waals surface area contributed by atoms with Crippen LogP contribution in [0, 0.1) is 0 Å². The summed E-state index contributed by atoms with van der Waals surface area (Å²) in [4.78, 5) is 10.3. The van der Waals surface area contributed by atoms with E-state index in [4.69, 9.17) is 16.6 Å². The number of carbonyl (C=O) groups is 1. The highest BCUT2D eigenvalue weighted by Crippen LogP contribution is 2.18. The fraction of sp³-hybridized carbons (Fsp3) is 0.833. The molecule has 0 fully saturated rings. The Bertz CT molecular complexity index is 197. The molecule has 0 aliphatic rings. The van der Waals surface area contributed by atoms with Crippen molar-refractivity contribution in [1.29, 1.82) is 0 Å². The number of primary amides is 1. The third-order valence-electron chi connectivity index (χ3n) is 1.45. The van der Waals surface area contributed by atoms with Crippen molar-refractivity contribution in [3.63, 3.8) is 0 Å². The fourth-order valence-electron chi connectivity index (χ4n) is 0.592. The Balaban J connectivity index is 3.70. The quantitative estimate of drug-likeness (QED) is 0.439. The summed E-state index contributed by atoms with van der Waals surface area (Å²) in [6, 6.07) is -1.06. The number of nitrogens with two attached hydrogens (primary N) is 2. The van der Waals surface area contributed by atoms with Gasteiger partial charge in [0.15, 0.2) is 6.10 Å². The van der Waals surface area contributed by atoms with Crippen molar-refractivity contribution in [1.82, 2.24) is 5.32 Å². The first-order valence-corrected chi connectivity index (χ1v) is 3.75. The average molecular weight is 215 g/mol. The van der Waals surface area contributed by atoms with Gasteiger partial charge < -0.3 is 21.9 Å². The maximum Gasteiger partial charge on any atom is 0.415 e.